The van der Waals surface area contributed by atoms with Crippen molar-refractivity contribution in [1.82, 2.24) is 5.32 Å². The van der Waals surface area contributed by atoms with Gasteiger partial charge in [-0.05, 0) is 48.1 Å². The highest BCUT2D eigenvalue weighted by Crippen LogP contribution is 2.36. The maximum absolute atomic E-state index is 12.8. The normalized spacial score (nSPS) is 20.7. The summed E-state index contributed by atoms with van der Waals surface area (Å²) in [7, 11) is 0. The number of hydrogen-bond acceptors (Lipinski definition) is 4. The minimum absolute atomic E-state index is 0.0421. The summed E-state index contributed by atoms with van der Waals surface area (Å²) < 4.78 is 44.1. The molecule has 27 heavy (non-hydrogen) atoms. The molecule has 1 saturated heterocycles. The molecular weight excluding hydrogens is 377 g/mol. The van der Waals surface area contributed by atoms with Crippen LogP contribution in [0.5, 0.6) is 11.5 Å². The van der Waals surface area contributed by atoms with Crippen LogP contribution in [0.2, 0.25) is 0 Å². The summed E-state index contributed by atoms with van der Waals surface area (Å²) in [4.78, 5) is 12.5. The van der Waals surface area contributed by atoms with Crippen molar-refractivity contribution in [2.24, 2.45) is 5.73 Å². The minimum Gasteiger partial charge on any atom is -0.457 e. The second kappa shape index (κ2) is 8.22. The van der Waals surface area contributed by atoms with Crippen molar-refractivity contribution in [2.75, 3.05) is 12.3 Å². The molecule has 0 saturated carbocycles. The molecule has 1 amide bonds. The SMILES string of the molecule is NC[C@@H]1CCS[C@H](c2cccc(Oc3cccc(C(F)(F)F)c3)c2)C(=O)N1. The second-order valence-corrected chi connectivity index (χ2v) is 7.39. The quantitative estimate of drug-likeness (QED) is 0.816. The Balaban J connectivity index is 1.79. The third kappa shape index (κ3) is 4.95. The van der Waals surface area contributed by atoms with Gasteiger partial charge in [0.05, 0.1) is 5.56 Å². The van der Waals surface area contributed by atoms with Crippen LogP contribution < -0.4 is 15.8 Å². The third-order valence-electron chi connectivity index (χ3n) is 4.18. The smallest absolute Gasteiger partial charge is 0.416 e. The molecule has 0 bridgehead atoms. The van der Waals surface area contributed by atoms with Gasteiger partial charge in [-0.3, -0.25) is 4.79 Å². The van der Waals surface area contributed by atoms with Crippen LogP contribution in [-0.4, -0.2) is 24.2 Å². The molecular formula is C19H19F3N2O2S. The van der Waals surface area contributed by atoms with Crippen LogP contribution in [0.15, 0.2) is 48.5 Å². The van der Waals surface area contributed by atoms with Gasteiger partial charge in [-0.25, -0.2) is 0 Å². The molecule has 144 valence electrons. The Kier molecular flexibility index (Phi) is 5.96. The molecule has 2 atom stereocenters. The molecule has 4 nitrogen and oxygen atoms in total. The van der Waals surface area contributed by atoms with Crippen molar-refractivity contribution in [3.05, 3.63) is 59.7 Å². The van der Waals surface area contributed by atoms with Crippen LogP contribution in [-0.2, 0) is 11.0 Å². The van der Waals surface area contributed by atoms with Crippen molar-refractivity contribution < 1.29 is 22.7 Å². The molecule has 2 aromatic rings. The van der Waals surface area contributed by atoms with E-state index in [-0.39, 0.29) is 17.7 Å². The number of ether oxygens (including phenoxy) is 1. The maximum Gasteiger partial charge on any atom is 0.416 e. The summed E-state index contributed by atoms with van der Waals surface area (Å²) in [6.07, 6.45) is -3.64. The number of rotatable bonds is 4. The molecule has 3 rings (SSSR count). The summed E-state index contributed by atoms with van der Waals surface area (Å²) in [5, 5.41) is 2.51. The number of benzene rings is 2. The lowest BCUT2D eigenvalue weighted by Gasteiger charge is -2.16. The summed E-state index contributed by atoms with van der Waals surface area (Å²) >= 11 is 1.51. The van der Waals surface area contributed by atoms with E-state index in [1.807, 2.05) is 0 Å². The molecule has 3 N–H and O–H groups in total. The Morgan fingerprint density at radius 1 is 1.15 bits per heavy atom. The van der Waals surface area contributed by atoms with E-state index in [0.29, 0.717) is 12.3 Å². The number of nitrogens with one attached hydrogen (secondary N) is 1. The number of thioether (sulfide) groups is 1. The zero-order chi connectivity index (χ0) is 19.4. The van der Waals surface area contributed by atoms with E-state index in [9.17, 15) is 18.0 Å². The van der Waals surface area contributed by atoms with E-state index >= 15 is 0 Å². The highest BCUT2D eigenvalue weighted by molar-refractivity contribution is 8.00. The maximum atomic E-state index is 12.8. The van der Waals surface area contributed by atoms with Gasteiger partial charge >= 0.3 is 6.18 Å². The van der Waals surface area contributed by atoms with Gasteiger partial charge in [0.2, 0.25) is 5.91 Å². The van der Waals surface area contributed by atoms with Crippen LogP contribution in [0.4, 0.5) is 13.2 Å². The van der Waals surface area contributed by atoms with E-state index in [1.165, 1.54) is 23.9 Å². The molecule has 0 unspecified atom stereocenters. The monoisotopic (exact) mass is 396 g/mol. The van der Waals surface area contributed by atoms with Crippen molar-refractivity contribution in [3.8, 4) is 11.5 Å². The summed E-state index contributed by atoms with van der Waals surface area (Å²) in [6.45, 7) is 0.387. The zero-order valence-corrected chi connectivity index (χ0v) is 15.1. The molecule has 8 heteroatoms. The average Bonchev–Trinajstić information content (AvgIpc) is 2.82. The van der Waals surface area contributed by atoms with E-state index in [0.717, 1.165) is 29.9 Å². The van der Waals surface area contributed by atoms with Crippen molar-refractivity contribution in [1.29, 1.82) is 0 Å². The van der Waals surface area contributed by atoms with Crippen LogP contribution in [0.1, 0.15) is 22.8 Å². The number of carbonyl (C=O) groups is 1. The van der Waals surface area contributed by atoms with Crippen molar-refractivity contribution >= 4 is 17.7 Å². The van der Waals surface area contributed by atoms with Crippen molar-refractivity contribution in [3.63, 3.8) is 0 Å². The fraction of sp³-hybridized carbons (Fsp3) is 0.316. The van der Waals surface area contributed by atoms with Gasteiger partial charge in [0.25, 0.3) is 0 Å². The zero-order valence-electron chi connectivity index (χ0n) is 14.3. The first-order chi connectivity index (χ1) is 12.9. The van der Waals surface area contributed by atoms with Gasteiger partial charge in [0.15, 0.2) is 0 Å². The van der Waals surface area contributed by atoms with Crippen LogP contribution >= 0.6 is 11.8 Å². The van der Waals surface area contributed by atoms with Crippen LogP contribution in [0.25, 0.3) is 0 Å². The number of alkyl halides is 3. The first-order valence-electron chi connectivity index (χ1n) is 8.44. The number of halogens is 3. The van der Waals surface area contributed by atoms with Crippen LogP contribution in [0, 0.1) is 0 Å². The van der Waals surface area contributed by atoms with Gasteiger partial charge in [0.1, 0.15) is 16.7 Å². The van der Waals surface area contributed by atoms with Gasteiger partial charge < -0.3 is 15.8 Å². The Labute approximate surface area is 159 Å². The van der Waals surface area contributed by atoms with E-state index in [1.54, 1.807) is 24.3 Å². The molecule has 0 aliphatic carbocycles. The summed E-state index contributed by atoms with van der Waals surface area (Å²) in [5.41, 5.74) is 5.61. The molecule has 1 aliphatic heterocycles. The standard InChI is InChI=1S/C19H19F3N2O2S/c20-19(21,22)13-4-2-6-16(10-13)26-15-5-1-3-12(9-15)17-18(25)24-14(11-23)7-8-27-17/h1-6,9-10,14,17H,7-8,11,23H2,(H,24,25)/t14-,17+/m0/s1. The first-order valence-corrected chi connectivity index (χ1v) is 9.49. The van der Waals surface area contributed by atoms with Gasteiger partial charge in [-0.1, -0.05) is 18.2 Å². The van der Waals surface area contributed by atoms with E-state index in [2.05, 4.69) is 5.32 Å². The molecule has 0 aromatic heterocycles. The molecule has 1 heterocycles. The van der Waals surface area contributed by atoms with Crippen molar-refractivity contribution in [2.45, 2.75) is 23.9 Å². The predicted molar refractivity (Wildman–Crippen MR) is 98.8 cm³/mol. The highest BCUT2D eigenvalue weighted by Gasteiger charge is 2.31. The fourth-order valence-corrected chi connectivity index (χ4v) is 4.01. The Hall–Kier alpha value is -2.19. The second-order valence-electron chi connectivity index (χ2n) is 6.18. The van der Waals surface area contributed by atoms with E-state index in [4.69, 9.17) is 10.5 Å². The summed E-state index contributed by atoms with van der Waals surface area (Å²) in [6, 6.07) is 11.5. The molecule has 2 aromatic carbocycles. The number of carbonyl (C=O) groups excluding carboxylic acids is 1. The Bertz CT molecular complexity index is 814. The number of nitrogens with two attached hydrogens (primary N) is 1. The van der Waals surface area contributed by atoms with Gasteiger partial charge in [-0.15, -0.1) is 11.8 Å². The molecule has 0 spiro atoms. The number of amides is 1. The Morgan fingerprint density at radius 3 is 2.56 bits per heavy atom. The largest absolute Gasteiger partial charge is 0.457 e. The highest BCUT2D eigenvalue weighted by atomic mass is 32.2. The summed E-state index contributed by atoms with van der Waals surface area (Å²) in [5.74, 6) is 1.12. The van der Waals surface area contributed by atoms with E-state index < -0.39 is 17.0 Å². The lowest BCUT2D eigenvalue weighted by molar-refractivity contribution is -0.137. The van der Waals surface area contributed by atoms with Gasteiger partial charge in [0, 0.05) is 12.6 Å². The molecule has 1 fully saturated rings. The topological polar surface area (TPSA) is 64.3 Å². The number of hydrogen-bond donors (Lipinski definition) is 2. The van der Waals surface area contributed by atoms with Crippen LogP contribution in [0.3, 0.4) is 0 Å². The predicted octanol–water partition coefficient (Wildman–Crippen LogP) is 4.12. The third-order valence-corrected chi connectivity index (χ3v) is 5.47. The lowest BCUT2D eigenvalue weighted by Crippen LogP contribution is -2.40. The average molecular weight is 396 g/mol. The lowest BCUT2D eigenvalue weighted by atomic mass is 10.1. The molecule has 1 aliphatic rings. The minimum atomic E-state index is -4.43. The Morgan fingerprint density at radius 2 is 1.85 bits per heavy atom. The van der Waals surface area contributed by atoms with Gasteiger partial charge in [-0.2, -0.15) is 13.2 Å². The fourth-order valence-electron chi connectivity index (χ4n) is 2.79. The molecule has 0 radical (unpaired) electrons. The first kappa shape index (κ1) is 19.6.